The number of carbonyl (C=O) groups excluding carboxylic acids is 1. The van der Waals surface area contributed by atoms with Gasteiger partial charge in [0.05, 0.1) is 17.1 Å². The molecule has 1 aromatic heterocycles. The molecule has 1 amide bonds. The minimum absolute atomic E-state index is 0.0731. The molecule has 0 fully saturated rings. The lowest BCUT2D eigenvalue weighted by molar-refractivity contribution is -0.121. The molecule has 1 unspecified atom stereocenters. The Morgan fingerprint density at radius 3 is 2.60 bits per heavy atom. The minimum Gasteiger partial charge on any atom is -0.346 e. The van der Waals surface area contributed by atoms with Gasteiger partial charge in [-0.15, -0.1) is 0 Å². The summed E-state index contributed by atoms with van der Waals surface area (Å²) < 4.78 is 2.21. The van der Waals surface area contributed by atoms with Gasteiger partial charge in [0.1, 0.15) is 5.82 Å². The number of benzene rings is 2. The number of para-hydroxylation sites is 2. The van der Waals surface area contributed by atoms with E-state index in [0.29, 0.717) is 6.42 Å². The molecule has 130 valence electrons. The normalized spacial score (nSPS) is 12.3. The molecule has 4 heteroatoms. The third-order valence-electron chi connectivity index (χ3n) is 4.39. The van der Waals surface area contributed by atoms with Gasteiger partial charge < -0.3 is 9.88 Å². The third kappa shape index (κ3) is 3.90. The van der Waals surface area contributed by atoms with Gasteiger partial charge in [-0.05, 0) is 38.0 Å². The van der Waals surface area contributed by atoms with Crippen molar-refractivity contribution in [3.8, 4) is 0 Å². The van der Waals surface area contributed by atoms with Gasteiger partial charge in [0.2, 0.25) is 5.91 Å². The summed E-state index contributed by atoms with van der Waals surface area (Å²) >= 11 is 0. The standard InChI is InChI=1S/C21H25N3O/c1-4-7-20(25)22-16(3)21-23-18-8-5-6-9-19(18)24(21)14-17-12-10-15(2)11-13-17/h5-6,8-13,16H,4,7,14H2,1-3H3,(H,22,25). The Balaban J connectivity index is 1.96. The predicted molar refractivity (Wildman–Crippen MR) is 101 cm³/mol. The van der Waals surface area contributed by atoms with E-state index >= 15 is 0 Å². The fraction of sp³-hybridized carbons (Fsp3) is 0.333. The van der Waals surface area contributed by atoms with Crippen LogP contribution in [-0.2, 0) is 11.3 Å². The van der Waals surface area contributed by atoms with Crippen molar-refractivity contribution in [3.63, 3.8) is 0 Å². The topological polar surface area (TPSA) is 46.9 Å². The average Bonchev–Trinajstić information content (AvgIpc) is 2.96. The van der Waals surface area contributed by atoms with E-state index in [0.717, 1.165) is 29.8 Å². The summed E-state index contributed by atoms with van der Waals surface area (Å²) in [6, 6.07) is 16.5. The van der Waals surface area contributed by atoms with Crippen LogP contribution in [0.15, 0.2) is 48.5 Å². The van der Waals surface area contributed by atoms with Crippen LogP contribution in [0.5, 0.6) is 0 Å². The molecule has 3 aromatic rings. The molecule has 0 spiro atoms. The fourth-order valence-electron chi connectivity index (χ4n) is 3.07. The SMILES string of the molecule is CCCC(=O)NC(C)c1nc2ccccc2n1Cc1ccc(C)cc1. The van der Waals surface area contributed by atoms with E-state index in [2.05, 4.69) is 47.1 Å². The van der Waals surface area contributed by atoms with Crippen molar-refractivity contribution in [2.45, 2.75) is 46.2 Å². The number of carbonyl (C=O) groups is 1. The summed E-state index contributed by atoms with van der Waals surface area (Å²) in [5, 5.41) is 3.07. The van der Waals surface area contributed by atoms with Gasteiger partial charge in [0.15, 0.2) is 0 Å². The molecule has 1 N–H and O–H groups in total. The monoisotopic (exact) mass is 335 g/mol. The molecular weight excluding hydrogens is 310 g/mol. The van der Waals surface area contributed by atoms with Gasteiger partial charge in [0.25, 0.3) is 0 Å². The Hall–Kier alpha value is -2.62. The van der Waals surface area contributed by atoms with Gasteiger partial charge in [-0.2, -0.15) is 0 Å². The van der Waals surface area contributed by atoms with E-state index in [-0.39, 0.29) is 11.9 Å². The average molecular weight is 335 g/mol. The minimum atomic E-state index is -0.128. The van der Waals surface area contributed by atoms with Crippen LogP contribution in [0, 0.1) is 6.92 Å². The predicted octanol–water partition coefficient (Wildman–Crippen LogP) is 4.37. The van der Waals surface area contributed by atoms with Gasteiger partial charge in [-0.1, -0.05) is 48.9 Å². The number of hydrogen-bond donors (Lipinski definition) is 1. The van der Waals surface area contributed by atoms with E-state index < -0.39 is 0 Å². The van der Waals surface area contributed by atoms with E-state index in [1.165, 1.54) is 11.1 Å². The number of aromatic nitrogens is 2. The first-order valence-electron chi connectivity index (χ1n) is 8.88. The molecule has 25 heavy (non-hydrogen) atoms. The number of rotatable bonds is 6. The number of nitrogens with one attached hydrogen (secondary N) is 1. The number of aryl methyl sites for hydroxylation is 1. The summed E-state index contributed by atoms with van der Waals surface area (Å²) in [5.41, 5.74) is 4.53. The summed E-state index contributed by atoms with van der Waals surface area (Å²) in [4.78, 5) is 16.8. The highest BCUT2D eigenvalue weighted by Crippen LogP contribution is 2.22. The van der Waals surface area contributed by atoms with Crippen molar-refractivity contribution in [1.29, 1.82) is 0 Å². The lowest BCUT2D eigenvalue weighted by Crippen LogP contribution is -2.28. The van der Waals surface area contributed by atoms with Crippen molar-refractivity contribution < 1.29 is 4.79 Å². The van der Waals surface area contributed by atoms with Gasteiger partial charge in [-0.25, -0.2) is 4.98 Å². The number of amides is 1. The Bertz CT molecular complexity index is 864. The fourth-order valence-corrected chi connectivity index (χ4v) is 3.07. The first-order valence-corrected chi connectivity index (χ1v) is 8.88. The van der Waals surface area contributed by atoms with E-state index in [1.807, 2.05) is 32.0 Å². The van der Waals surface area contributed by atoms with Crippen LogP contribution in [0.2, 0.25) is 0 Å². The van der Waals surface area contributed by atoms with E-state index in [1.54, 1.807) is 0 Å². The molecular formula is C21H25N3O. The number of nitrogens with zero attached hydrogens (tertiary/aromatic N) is 2. The first kappa shape index (κ1) is 17.2. The Labute approximate surface area is 148 Å². The summed E-state index contributed by atoms with van der Waals surface area (Å²) in [5.74, 6) is 0.968. The number of hydrogen-bond acceptors (Lipinski definition) is 2. The maximum absolute atomic E-state index is 12.0. The second-order valence-electron chi connectivity index (χ2n) is 6.57. The molecule has 0 aliphatic heterocycles. The van der Waals surface area contributed by atoms with E-state index in [9.17, 15) is 4.79 Å². The van der Waals surface area contributed by atoms with Gasteiger partial charge >= 0.3 is 0 Å². The molecule has 3 rings (SSSR count). The van der Waals surface area contributed by atoms with Crippen LogP contribution < -0.4 is 5.32 Å². The largest absolute Gasteiger partial charge is 0.346 e. The van der Waals surface area contributed by atoms with Crippen LogP contribution in [0.25, 0.3) is 11.0 Å². The zero-order chi connectivity index (χ0) is 17.8. The zero-order valence-electron chi connectivity index (χ0n) is 15.1. The van der Waals surface area contributed by atoms with Crippen LogP contribution >= 0.6 is 0 Å². The second kappa shape index (κ2) is 7.51. The molecule has 1 atom stereocenters. The smallest absolute Gasteiger partial charge is 0.220 e. The molecule has 0 bridgehead atoms. The Morgan fingerprint density at radius 2 is 1.88 bits per heavy atom. The summed E-state index contributed by atoms with van der Waals surface area (Å²) in [7, 11) is 0. The summed E-state index contributed by atoms with van der Waals surface area (Å²) in [6.07, 6.45) is 1.39. The first-order chi connectivity index (χ1) is 12.1. The molecule has 4 nitrogen and oxygen atoms in total. The molecule has 0 aliphatic carbocycles. The van der Waals surface area contributed by atoms with Crippen LogP contribution in [0.4, 0.5) is 0 Å². The molecule has 0 saturated heterocycles. The Morgan fingerprint density at radius 1 is 1.16 bits per heavy atom. The lowest BCUT2D eigenvalue weighted by Gasteiger charge is -2.16. The lowest BCUT2D eigenvalue weighted by atomic mass is 10.1. The zero-order valence-corrected chi connectivity index (χ0v) is 15.1. The van der Waals surface area contributed by atoms with Crippen LogP contribution in [0.1, 0.15) is 49.7 Å². The highest BCUT2D eigenvalue weighted by molar-refractivity contribution is 5.78. The number of fused-ring (bicyclic) bond motifs is 1. The molecule has 0 aliphatic rings. The maximum atomic E-state index is 12.0. The molecule has 2 aromatic carbocycles. The molecule has 1 heterocycles. The quantitative estimate of drug-likeness (QED) is 0.727. The van der Waals surface area contributed by atoms with Gasteiger partial charge in [-0.3, -0.25) is 4.79 Å². The highest BCUT2D eigenvalue weighted by atomic mass is 16.1. The molecule has 0 radical (unpaired) electrons. The van der Waals surface area contributed by atoms with Crippen molar-refractivity contribution in [2.75, 3.05) is 0 Å². The molecule has 0 saturated carbocycles. The third-order valence-corrected chi connectivity index (χ3v) is 4.39. The van der Waals surface area contributed by atoms with Crippen molar-refractivity contribution in [1.82, 2.24) is 14.9 Å². The van der Waals surface area contributed by atoms with Crippen molar-refractivity contribution in [2.24, 2.45) is 0 Å². The van der Waals surface area contributed by atoms with Crippen molar-refractivity contribution in [3.05, 3.63) is 65.5 Å². The Kier molecular flexibility index (Phi) is 5.17. The van der Waals surface area contributed by atoms with Gasteiger partial charge in [0, 0.05) is 13.0 Å². The highest BCUT2D eigenvalue weighted by Gasteiger charge is 2.18. The summed E-state index contributed by atoms with van der Waals surface area (Å²) in [6.45, 7) is 6.84. The van der Waals surface area contributed by atoms with Crippen LogP contribution in [-0.4, -0.2) is 15.5 Å². The maximum Gasteiger partial charge on any atom is 0.220 e. The van der Waals surface area contributed by atoms with Crippen LogP contribution in [0.3, 0.4) is 0 Å². The van der Waals surface area contributed by atoms with Crippen molar-refractivity contribution >= 4 is 16.9 Å². The second-order valence-corrected chi connectivity index (χ2v) is 6.57. The number of imidazole rings is 1. The van der Waals surface area contributed by atoms with E-state index in [4.69, 9.17) is 4.98 Å².